The van der Waals surface area contributed by atoms with Crippen LogP contribution in [0.25, 0.3) is 0 Å². The summed E-state index contributed by atoms with van der Waals surface area (Å²) in [6.07, 6.45) is 4.30. The molecule has 1 heterocycles. The number of hydrogen-bond donors (Lipinski definition) is 1. The topological polar surface area (TPSA) is 38.9 Å². The van der Waals surface area contributed by atoms with Crippen LogP contribution in [-0.4, -0.2) is 4.98 Å². The number of anilines is 1. The predicted octanol–water partition coefficient (Wildman–Crippen LogP) is 2.42. The zero-order chi connectivity index (χ0) is 10.6. The number of nitrogens with two attached hydrogens (primary N) is 1. The summed E-state index contributed by atoms with van der Waals surface area (Å²) in [5.74, 6) is 0. The van der Waals surface area contributed by atoms with E-state index in [1.54, 1.807) is 0 Å². The highest BCUT2D eigenvalue weighted by Crippen LogP contribution is 2.51. The van der Waals surface area contributed by atoms with Gasteiger partial charge in [-0.3, -0.25) is 4.98 Å². The van der Waals surface area contributed by atoms with E-state index in [0.29, 0.717) is 18.5 Å². The van der Waals surface area contributed by atoms with E-state index < -0.39 is 5.67 Å². The molecule has 2 aliphatic carbocycles. The average molecular weight is 206 g/mol. The number of aromatic nitrogens is 1. The smallest absolute Gasteiger partial charge is 0.153 e. The average Bonchev–Trinajstić information content (AvgIpc) is 2.80. The normalized spacial score (nSPS) is 21.5. The van der Waals surface area contributed by atoms with Crippen molar-refractivity contribution in [1.29, 1.82) is 0 Å². The van der Waals surface area contributed by atoms with E-state index in [9.17, 15) is 4.39 Å². The summed E-state index contributed by atoms with van der Waals surface area (Å²) in [5.41, 5.74) is 9.37. The number of fused-ring (bicyclic) bond motifs is 1. The molecule has 1 saturated carbocycles. The first-order chi connectivity index (χ1) is 7.12. The molecule has 1 aromatic rings. The van der Waals surface area contributed by atoms with E-state index in [1.807, 2.05) is 6.92 Å². The minimum atomic E-state index is -1.16. The quantitative estimate of drug-likeness (QED) is 0.766. The van der Waals surface area contributed by atoms with Crippen molar-refractivity contribution >= 4 is 5.69 Å². The van der Waals surface area contributed by atoms with Crippen LogP contribution in [0.3, 0.4) is 0 Å². The van der Waals surface area contributed by atoms with Crippen LogP contribution >= 0.6 is 0 Å². The van der Waals surface area contributed by atoms with Crippen molar-refractivity contribution < 1.29 is 4.39 Å². The zero-order valence-electron chi connectivity index (χ0n) is 8.94. The Kier molecular flexibility index (Phi) is 1.65. The number of halogens is 1. The van der Waals surface area contributed by atoms with Crippen molar-refractivity contribution in [3.8, 4) is 0 Å². The van der Waals surface area contributed by atoms with Crippen molar-refractivity contribution in [3.05, 3.63) is 22.5 Å². The monoisotopic (exact) mass is 206 g/mol. The molecule has 1 aromatic heterocycles. The molecule has 0 aromatic carbocycles. The Morgan fingerprint density at radius 1 is 1.33 bits per heavy atom. The second-order valence-corrected chi connectivity index (χ2v) is 4.74. The van der Waals surface area contributed by atoms with Gasteiger partial charge in [-0.15, -0.1) is 0 Å². The summed E-state index contributed by atoms with van der Waals surface area (Å²) >= 11 is 0. The molecular weight excluding hydrogens is 191 g/mol. The molecule has 3 heteroatoms. The molecule has 2 N–H and O–H groups in total. The molecule has 0 spiro atoms. The number of nitrogen functional groups attached to an aromatic ring is 1. The molecule has 15 heavy (non-hydrogen) atoms. The summed E-state index contributed by atoms with van der Waals surface area (Å²) in [4.78, 5) is 4.49. The van der Waals surface area contributed by atoms with Gasteiger partial charge >= 0.3 is 0 Å². The van der Waals surface area contributed by atoms with Gasteiger partial charge < -0.3 is 5.73 Å². The summed E-state index contributed by atoms with van der Waals surface area (Å²) in [6, 6.07) is 0. The van der Waals surface area contributed by atoms with Gasteiger partial charge in [-0.25, -0.2) is 4.39 Å². The molecule has 80 valence electrons. The fraction of sp³-hybridized carbons (Fsp3) is 0.583. The predicted molar refractivity (Wildman–Crippen MR) is 57.4 cm³/mol. The van der Waals surface area contributed by atoms with Gasteiger partial charge in [0.15, 0.2) is 5.67 Å². The van der Waals surface area contributed by atoms with Gasteiger partial charge in [0.05, 0.1) is 5.69 Å². The molecule has 0 saturated heterocycles. The maximum Gasteiger partial charge on any atom is 0.153 e. The van der Waals surface area contributed by atoms with Crippen molar-refractivity contribution in [2.75, 3.05) is 5.73 Å². The van der Waals surface area contributed by atoms with E-state index in [-0.39, 0.29) is 0 Å². The molecular formula is C12H15FN2. The second-order valence-electron chi connectivity index (χ2n) is 4.74. The fourth-order valence-electron chi connectivity index (χ4n) is 2.50. The number of aryl methyl sites for hydroxylation is 1. The molecule has 0 bridgehead atoms. The highest BCUT2D eigenvalue weighted by atomic mass is 19.1. The van der Waals surface area contributed by atoms with Crippen molar-refractivity contribution in [2.24, 2.45) is 0 Å². The van der Waals surface area contributed by atoms with Crippen molar-refractivity contribution in [2.45, 2.75) is 44.7 Å². The number of hydrogen-bond acceptors (Lipinski definition) is 2. The number of alkyl halides is 1. The number of rotatable bonds is 1. The maximum absolute atomic E-state index is 14.0. The van der Waals surface area contributed by atoms with Gasteiger partial charge in [0.1, 0.15) is 0 Å². The van der Waals surface area contributed by atoms with E-state index in [1.165, 1.54) is 5.56 Å². The first-order valence-electron chi connectivity index (χ1n) is 5.59. The minimum absolute atomic E-state index is 0.610. The molecule has 0 aliphatic heterocycles. The highest BCUT2D eigenvalue weighted by molar-refractivity contribution is 5.59. The van der Waals surface area contributed by atoms with Gasteiger partial charge in [0, 0.05) is 11.4 Å². The van der Waals surface area contributed by atoms with Crippen LogP contribution in [0.15, 0.2) is 0 Å². The SMILES string of the molecule is Cc1c(C2(F)CC2)nc2c(c1N)CCC2. The molecule has 0 radical (unpaired) electrons. The third-order valence-corrected chi connectivity index (χ3v) is 3.63. The Labute approximate surface area is 88.7 Å². The third-order valence-electron chi connectivity index (χ3n) is 3.63. The summed E-state index contributed by atoms with van der Waals surface area (Å²) in [6.45, 7) is 1.90. The molecule has 2 nitrogen and oxygen atoms in total. The van der Waals surface area contributed by atoms with Crippen LogP contribution in [0.1, 0.15) is 41.8 Å². The van der Waals surface area contributed by atoms with Gasteiger partial charge in [0.25, 0.3) is 0 Å². The molecule has 0 atom stereocenters. The van der Waals surface area contributed by atoms with Crippen LogP contribution in [0.5, 0.6) is 0 Å². The Morgan fingerprint density at radius 2 is 2.07 bits per heavy atom. The molecule has 3 rings (SSSR count). The highest BCUT2D eigenvalue weighted by Gasteiger charge is 2.48. The fourth-order valence-corrected chi connectivity index (χ4v) is 2.50. The van der Waals surface area contributed by atoms with E-state index in [2.05, 4.69) is 4.98 Å². The van der Waals surface area contributed by atoms with Crippen molar-refractivity contribution in [1.82, 2.24) is 4.98 Å². The molecule has 2 aliphatic rings. The van der Waals surface area contributed by atoms with E-state index >= 15 is 0 Å². The molecule has 1 fully saturated rings. The maximum atomic E-state index is 14.0. The summed E-state index contributed by atoms with van der Waals surface area (Å²) in [7, 11) is 0. The second kappa shape index (κ2) is 2.71. The molecule has 0 amide bonds. The summed E-state index contributed by atoms with van der Waals surface area (Å²) < 4.78 is 14.0. The summed E-state index contributed by atoms with van der Waals surface area (Å²) in [5, 5.41) is 0. The van der Waals surface area contributed by atoms with E-state index in [4.69, 9.17) is 5.73 Å². The molecule has 0 unspecified atom stereocenters. The van der Waals surface area contributed by atoms with E-state index in [0.717, 1.165) is 36.2 Å². The lowest BCUT2D eigenvalue weighted by Crippen LogP contribution is -2.11. The minimum Gasteiger partial charge on any atom is -0.398 e. The Bertz CT molecular complexity index is 436. The first-order valence-corrected chi connectivity index (χ1v) is 5.59. The first kappa shape index (κ1) is 9.13. The van der Waals surface area contributed by atoms with Gasteiger partial charge in [0.2, 0.25) is 0 Å². The van der Waals surface area contributed by atoms with Crippen molar-refractivity contribution in [3.63, 3.8) is 0 Å². The van der Waals surface area contributed by atoms with Gasteiger partial charge in [-0.05, 0) is 50.2 Å². The lowest BCUT2D eigenvalue weighted by molar-refractivity contribution is 0.307. The lowest BCUT2D eigenvalue weighted by atomic mass is 10.0. The largest absolute Gasteiger partial charge is 0.398 e. The number of pyridine rings is 1. The standard InChI is InChI=1S/C12H15FN2/c1-7-10(14)8-3-2-4-9(8)15-11(7)12(13)5-6-12/h2-6H2,1H3,(H2,14,15). The number of nitrogens with zero attached hydrogens (tertiary/aromatic N) is 1. The Morgan fingerprint density at radius 3 is 2.73 bits per heavy atom. The van der Waals surface area contributed by atoms with Crippen LogP contribution in [-0.2, 0) is 18.5 Å². The van der Waals surface area contributed by atoms with Crippen LogP contribution in [0, 0.1) is 6.92 Å². The third kappa shape index (κ3) is 1.18. The Balaban J connectivity index is 2.20. The van der Waals surface area contributed by atoms with Gasteiger partial charge in [-0.2, -0.15) is 0 Å². The van der Waals surface area contributed by atoms with Crippen LogP contribution < -0.4 is 5.73 Å². The van der Waals surface area contributed by atoms with Crippen LogP contribution in [0.4, 0.5) is 10.1 Å². The van der Waals surface area contributed by atoms with Gasteiger partial charge in [-0.1, -0.05) is 0 Å². The van der Waals surface area contributed by atoms with Crippen LogP contribution in [0.2, 0.25) is 0 Å². The Hall–Kier alpha value is -1.12. The zero-order valence-corrected chi connectivity index (χ0v) is 8.94. The lowest BCUT2D eigenvalue weighted by Gasteiger charge is -2.14.